The third kappa shape index (κ3) is 5.39. The van der Waals surface area contributed by atoms with Gasteiger partial charge < -0.3 is 10.6 Å². The van der Waals surface area contributed by atoms with Gasteiger partial charge >= 0.3 is 0 Å². The van der Waals surface area contributed by atoms with Crippen LogP contribution in [0.5, 0.6) is 0 Å². The molecule has 154 valence electrons. The minimum absolute atomic E-state index is 0.110. The van der Waals surface area contributed by atoms with Gasteiger partial charge in [0.15, 0.2) is 9.84 Å². The van der Waals surface area contributed by atoms with E-state index < -0.39 is 9.84 Å². The molecule has 1 aliphatic heterocycles. The highest BCUT2D eigenvalue weighted by Crippen LogP contribution is 2.34. The summed E-state index contributed by atoms with van der Waals surface area (Å²) in [5.74, 6) is -0.232. The van der Waals surface area contributed by atoms with Crippen molar-refractivity contribution in [2.75, 3.05) is 16.8 Å². The average Bonchev–Trinajstić information content (AvgIpc) is 2.84. The number of aryl methyl sites for hydroxylation is 1. The van der Waals surface area contributed by atoms with Crippen LogP contribution in [-0.4, -0.2) is 31.7 Å². The Morgan fingerprint density at radius 3 is 2.76 bits per heavy atom. The van der Waals surface area contributed by atoms with Gasteiger partial charge in [0.25, 0.3) is 0 Å². The van der Waals surface area contributed by atoms with Crippen molar-refractivity contribution < 1.29 is 18.0 Å². The second-order valence-corrected chi connectivity index (χ2v) is 10.3. The molecule has 2 amide bonds. The average molecular weight is 433 g/mol. The number of sulfone groups is 1. The first-order chi connectivity index (χ1) is 13.8. The highest BCUT2D eigenvalue weighted by Gasteiger charge is 2.23. The molecule has 0 bridgehead atoms. The van der Waals surface area contributed by atoms with Crippen LogP contribution >= 0.6 is 11.8 Å². The molecule has 0 saturated heterocycles. The van der Waals surface area contributed by atoms with Crippen molar-refractivity contribution in [1.29, 1.82) is 0 Å². The van der Waals surface area contributed by atoms with E-state index in [0.29, 0.717) is 18.0 Å². The minimum Gasteiger partial charge on any atom is -0.352 e. The predicted molar refractivity (Wildman–Crippen MR) is 115 cm³/mol. The maximum absolute atomic E-state index is 12.7. The van der Waals surface area contributed by atoms with Gasteiger partial charge in [-0.2, -0.15) is 0 Å². The lowest BCUT2D eigenvalue weighted by Crippen LogP contribution is -2.25. The van der Waals surface area contributed by atoms with Crippen LogP contribution in [0.4, 0.5) is 5.69 Å². The van der Waals surface area contributed by atoms with Crippen LogP contribution in [0.15, 0.2) is 52.3 Å². The highest BCUT2D eigenvalue weighted by molar-refractivity contribution is 7.99. The zero-order valence-electron chi connectivity index (χ0n) is 16.4. The summed E-state index contributed by atoms with van der Waals surface area (Å²) in [5, 5.41) is 5.56. The zero-order chi connectivity index (χ0) is 21.0. The normalized spacial score (nSPS) is 16.5. The van der Waals surface area contributed by atoms with Gasteiger partial charge in [0.1, 0.15) is 0 Å². The van der Waals surface area contributed by atoms with Crippen LogP contribution in [0.2, 0.25) is 0 Å². The fourth-order valence-corrected chi connectivity index (χ4v) is 5.18. The Morgan fingerprint density at radius 2 is 2.00 bits per heavy atom. The van der Waals surface area contributed by atoms with Crippen molar-refractivity contribution in [1.82, 2.24) is 5.32 Å². The Morgan fingerprint density at radius 1 is 1.24 bits per heavy atom. The van der Waals surface area contributed by atoms with Gasteiger partial charge in [0.05, 0.1) is 16.3 Å². The lowest BCUT2D eigenvalue weighted by molar-refractivity contribution is -0.121. The minimum atomic E-state index is -3.64. The molecule has 2 N–H and O–H groups in total. The fraction of sp³-hybridized carbons (Fsp3) is 0.333. The Hall–Kier alpha value is -2.32. The molecule has 29 heavy (non-hydrogen) atoms. The first-order valence-electron chi connectivity index (χ1n) is 9.38. The quantitative estimate of drug-likeness (QED) is 0.732. The van der Waals surface area contributed by atoms with Gasteiger partial charge in [-0.25, -0.2) is 8.42 Å². The summed E-state index contributed by atoms with van der Waals surface area (Å²) in [6.45, 7) is 4.16. The lowest BCUT2D eigenvalue weighted by atomic mass is 10.1. The molecular weight excluding hydrogens is 408 g/mol. The maximum atomic E-state index is 12.7. The SMILES string of the molecule is Cc1ccccc1CNC(=O)CCS(=O)(=O)c1ccc2c(c1)NC(=O)C(C)CS2. The number of benzene rings is 2. The molecule has 0 spiro atoms. The number of amides is 2. The van der Waals surface area contributed by atoms with Gasteiger partial charge in [-0.3, -0.25) is 9.59 Å². The molecule has 2 aromatic carbocycles. The zero-order valence-corrected chi connectivity index (χ0v) is 18.0. The molecule has 0 radical (unpaired) electrons. The van der Waals surface area contributed by atoms with E-state index in [2.05, 4.69) is 10.6 Å². The van der Waals surface area contributed by atoms with Gasteiger partial charge in [0.2, 0.25) is 11.8 Å². The van der Waals surface area contributed by atoms with Crippen molar-refractivity contribution >= 4 is 39.1 Å². The standard InChI is InChI=1S/C21H24N2O4S2/c1-14-5-3-4-6-16(14)12-22-20(24)9-10-29(26,27)17-7-8-19-18(11-17)23-21(25)15(2)13-28-19/h3-8,11,15H,9-10,12-13H2,1-2H3,(H,22,24)(H,23,25). The second kappa shape index (κ2) is 9.00. The van der Waals surface area contributed by atoms with Crippen molar-refractivity contribution in [2.45, 2.75) is 36.6 Å². The topological polar surface area (TPSA) is 92.3 Å². The summed E-state index contributed by atoms with van der Waals surface area (Å²) in [5.41, 5.74) is 2.57. The Kier molecular flexibility index (Phi) is 6.64. The number of anilines is 1. The second-order valence-electron chi connectivity index (χ2n) is 7.13. The van der Waals surface area contributed by atoms with Gasteiger partial charge in [-0.1, -0.05) is 31.2 Å². The molecule has 0 aromatic heterocycles. The van der Waals surface area contributed by atoms with E-state index in [1.165, 1.54) is 23.9 Å². The molecule has 1 unspecified atom stereocenters. The van der Waals surface area contributed by atoms with Gasteiger partial charge in [-0.15, -0.1) is 11.8 Å². The highest BCUT2D eigenvalue weighted by atomic mass is 32.2. The number of hydrogen-bond donors (Lipinski definition) is 2. The number of nitrogens with one attached hydrogen (secondary N) is 2. The molecule has 2 aromatic rings. The van der Waals surface area contributed by atoms with Crippen LogP contribution in [-0.2, 0) is 26.0 Å². The molecule has 1 heterocycles. The Balaban J connectivity index is 1.62. The summed E-state index contributed by atoms with van der Waals surface area (Å²) in [4.78, 5) is 25.1. The van der Waals surface area contributed by atoms with E-state index in [1.54, 1.807) is 6.07 Å². The molecule has 3 rings (SSSR count). The smallest absolute Gasteiger partial charge is 0.228 e. The summed E-state index contributed by atoms with van der Waals surface area (Å²) < 4.78 is 25.4. The van der Waals surface area contributed by atoms with Crippen LogP contribution in [0, 0.1) is 12.8 Å². The summed E-state index contributed by atoms with van der Waals surface area (Å²) >= 11 is 1.52. The molecule has 1 aliphatic rings. The van der Waals surface area contributed by atoms with E-state index in [0.717, 1.165) is 16.0 Å². The van der Waals surface area contributed by atoms with Crippen LogP contribution in [0.25, 0.3) is 0 Å². The van der Waals surface area contributed by atoms with E-state index in [-0.39, 0.29) is 34.8 Å². The number of rotatable bonds is 6. The molecule has 6 nitrogen and oxygen atoms in total. The number of carbonyl (C=O) groups is 2. The predicted octanol–water partition coefficient (Wildman–Crippen LogP) is 3.16. The number of carbonyl (C=O) groups excluding carboxylic acids is 2. The third-order valence-electron chi connectivity index (χ3n) is 4.84. The Bertz CT molecular complexity index is 1030. The molecule has 0 aliphatic carbocycles. The number of hydrogen-bond acceptors (Lipinski definition) is 5. The molecule has 0 saturated carbocycles. The van der Waals surface area contributed by atoms with E-state index in [9.17, 15) is 18.0 Å². The molecular formula is C21H24N2O4S2. The van der Waals surface area contributed by atoms with Gasteiger partial charge in [-0.05, 0) is 36.2 Å². The molecule has 0 fully saturated rings. The summed E-state index contributed by atoms with van der Waals surface area (Å²) in [7, 11) is -3.64. The molecule has 1 atom stereocenters. The van der Waals surface area contributed by atoms with E-state index >= 15 is 0 Å². The van der Waals surface area contributed by atoms with Crippen LogP contribution in [0.3, 0.4) is 0 Å². The third-order valence-corrected chi connectivity index (χ3v) is 7.89. The monoisotopic (exact) mass is 432 g/mol. The number of fused-ring (bicyclic) bond motifs is 1. The van der Waals surface area contributed by atoms with Crippen molar-refractivity contribution in [2.24, 2.45) is 5.92 Å². The van der Waals surface area contributed by atoms with Crippen molar-refractivity contribution in [3.63, 3.8) is 0 Å². The largest absolute Gasteiger partial charge is 0.352 e. The summed E-state index contributed by atoms with van der Waals surface area (Å²) in [6, 6.07) is 12.4. The van der Waals surface area contributed by atoms with Crippen LogP contribution < -0.4 is 10.6 Å². The Labute approximate surface area is 175 Å². The molecule has 8 heteroatoms. The number of thioether (sulfide) groups is 1. The first-order valence-corrected chi connectivity index (χ1v) is 12.0. The first kappa shape index (κ1) is 21.4. The van der Waals surface area contributed by atoms with E-state index in [4.69, 9.17) is 0 Å². The lowest BCUT2D eigenvalue weighted by Gasteiger charge is -2.11. The maximum Gasteiger partial charge on any atom is 0.228 e. The fourth-order valence-electron chi connectivity index (χ4n) is 2.91. The van der Waals surface area contributed by atoms with Crippen LogP contribution in [0.1, 0.15) is 24.5 Å². The van der Waals surface area contributed by atoms with E-state index in [1.807, 2.05) is 38.1 Å². The van der Waals surface area contributed by atoms with Crippen molar-refractivity contribution in [3.8, 4) is 0 Å². The van der Waals surface area contributed by atoms with Gasteiger partial charge in [0, 0.05) is 29.5 Å². The van der Waals surface area contributed by atoms with Crippen molar-refractivity contribution in [3.05, 3.63) is 53.6 Å². The summed E-state index contributed by atoms with van der Waals surface area (Å²) in [6.07, 6.45) is -0.122.